The Morgan fingerprint density at radius 1 is 1.26 bits per heavy atom. The first kappa shape index (κ1) is 16.8. The van der Waals surface area contributed by atoms with Crippen LogP contribution in [0.25, 0.3) is 11.3 Å². The van der Waals surface area contributed by atoms with Gasteiger partial charge in [0.05, 0.1) is 24.3 Å². The molecule has 3 aliphatic rings. The fraction of sp³-hybridized carbons (Fsp3) is 0.545. The molecule has 27 heavy (non-hydrogen) atoms. The predicted molar refractivity (Wildman–Crippen MR) is 103 cm³/mol. The number of benzene rings is 1. The van der Waals surface area contributed by atoms with Crippen LogP contribution in [0.3, 0.4) is 0 Å². The van der Waals surface area contributed by atoms with Crippen LogP contribution in [0.5, 0.6) is 0 Å². The van der Waals surface area contributed by atoms with Gasteiger partial charge in [0.15, 0.2) is 0 Å². The number of carbonyl (C=O) groups is 1. The Labute approximate surface area is 160 Å². The van der Waals surface area contributed by atoms with E-state index < -0.39 is 5.60 Å². The quantitative estimate of drug-likeness (QED) is 0.748. The van der Waals surface area contributed by atoms with E-state index in [9.17, 15) is 4.79 Å². The highest BCUT2D eigenvalue weighted by atomic mass is 16.6. The number of hydrogen-bond donors (Lipinski definition) is 0. The van der Waals surface area contributed by atoms with Gasteiger partial charge in [0.2, 0.25) is 0 Å². The van der Waals surface area contributed by atoms with Gasteiger partial charge in [-0.2, -0.15) is 0 Å². The lowest BCUT2D eigenvalue weighted by molar-refractivity contribution is -0.0337. The largest absolute Gasteiger partial charge is 0.444 e. The summed E-state index contributed by atoms with van der Waals surface area (Å²) in [5.41, 5.74) is 3.84. The van der Waals surface area contributed by atoms with Crippen molar-refractivity contribution in [3.05, 3.63) is 42.4 Å². The van der Waals surface area contributed by atoms with Crippen molar-refractivity contribution in [1.29, 1.82) is 0 Å². The second-order valence-corrected chi connectivity index (χ2v) is 9.56. The molecular formula is C22H27N3O2. The molecule has 1 spiro atoms. The molecule has 1 aromatic heterocycles. The van der Waals surface area contributed by atoms with Gasteiger partial charge in [-0.1, -0.05) is 24.3 Å². The van der Waals surface area contributed by atoms with Gasteiger partial charge in [0.25, 0.3) is 0 Å². The van der Waals surface area contributed by atoms with E-state index in [-0.39, 0.29) is 11.5 Å². The van der Waals surface area contributed by atoms with Crippen molar-refractivity contribution in [1.82, 2.24) is 14.5 Å². The second-order valence-electron chi connectivity index (χ2n) is 9.56. The van der Waals surface area contributed by atoms with E-state index in [4.69, 9.17) is 4.74 Å². The van der Waals surface area contributed by atoms with Crippen LogP contribution in [0.1, 0.15) is 51.6 Å². The SMILES string of the molecule is CC(C)(C)OC(=O)N1CC2(CC[C@H]([C@H]3c4ccccc4-c4cncn43)C2)C1. The van der Waals surface area contributed by atoms with Gasteiger partial charge < -0.3 is 14.2 Å². The van der Waals surface area contributed by atoms with Gasteiger partial charge in [0.1, 0.15) is 5.60 Å². The van der Waals surface area contributed by atoms with Crippen LogP contribution in [0.15, 0.2) is 36.8 Å². The van der Waals surface area contributed by atoms with Crippen LogP contribution in [-0.2, 0) is 4.74 Å². The topological polar surface area (TPSA) is 47.4 Å². The molecule has 5 rings (SSSR count). The minimum atomic E-state index is -0.427. The molecule has 2 atom stereocenters. The first-order chi connectivity index (χ1) is 12.9. The van der Waals surface area contributed by atoms with E-state index in [0.717, 1.165) is 13.1 Å². The van der Waals surface area contributed by atoms with Crippen molar-refractivity contribution in [2.24, 2.45) is 11.3 Å². The van der Waals surface area contributed by atoms with Gasteiger partial charge in [-0.05, 0) is 51.5 Å². The normalized spacial score (nSPS) is 25.2. The number of fused-ring (bicyclic) bond motifs is 3. The minimum absolute atomic E-state index is 0.167. The molecule has 142 valence electrons. The molecule has 2 fully saturated rings. The molecule has 0 N–H and O–H groups in total. The molecule has 0 unspecified atom stereocenters. The van der Waals surface area contributed by atoms with Crippen LogP contribution in [0, 0.1) is 11.3 Å². The van der Waals surface area contributed by atoms with Crippen LogP contribution < -0.4 is 0 Å². The van der Waals surface area contributed by atoms with E-state index in [1.807, 2.05) is 38.2 Å². The maximum atomic E-state index is 12.3. The highest BCUT2D eigenvalue weighted by Gasteiger charge is 2.52. The third-order valence-electron chi connectivity index (χ3n) is 6.41. The summed E-state index contributed by atoms with van der Waals surface area (Å²) in [6, 6.07) is 9.12. The van der Waals surface area contributed by atoms with Crippen molar-refractivity contribution in [2.75, 3.05) is 13.1 Å². The van der Waals surface area contributed by atoms with Gasteiger partial charge in [0, 0.05) is 24.1 Å². The zero-order valence-electron chi connectivity index (χ0n) is 16.3. The molecule has 1 aromatic carbocycles. The highest BCUT2D eigenvalue weighted by Crippen LogP contribution is 2.55. The lowest BCUT2D eigenvalue weighted by atomic mass is 9.77. The summed E-state index contributed by atoms with van der Waals surface area (Å²) in [5, 5.41) is 0. The lowest BCUT2D eigenvalue weighted by Crippen LogP contribution is -2.58. The molecule has 1 saturated heterocycles. The lowest BCUT2D eigenvalue weighted by Gasteiger charge is -2.48. The first-order valence-electron chi connectivity index (χ1n) is 9.94. The molecule has 1 saturated carbocycles. The van der Waals surface area contributed by atoms with Gasteiger partial charge in [-0.3, -0.25) is 0 Å². The third kappa shape index (κ3) is 2.67. The number of carbonyl (C=O) groups excluding carboxylic acids is 1. The molecule has 0 bridgehead atoms. The average molecular weight is 365 g/mol. The Balaban J connectivity index is 1.31. The molecule has 5 nitrogen and oxygen atoms in total. The molecular weight excluding hydrogens is 338 g/mol. The summed E-state index contributed by atoms with van der Waals surface area (Å²) in [6.07, 6.45) is 7.37. The van der Waals surface area contributed by atoms with Crippen molar-refractivity contribution in [3.8, 4) is 11.3 Å². The van der Waals surface area contributed by atoms with E-state index in [1.54, 1.807) is 0 Å². The Kier molecular flexibility index (Phi) is 3.49. The molecule has 3 heterocycles. The standard InChI is InChI=1S/C22H27N3O2/c1-21(2,3)27-20(26)24-12-22(13-24)9-8-15(10-22)19-17-7-5-4-6-16(17)18-11-23-14-25(18)19/h4-7,11,14-15,19H,8-10,12-13H2,1-3H3/t15-,19-/m0/s1. The number of imidazole rings is 1. The summed E-state index contributed by atoms with van der Waals surface area (Å²) in [4.78, 5) is 18.6. The van der Waals surface area contributed by atoms with Crippen molar-refractivity contribution in [3.63, 3.8) is 0 Å². The minimum Gasteiger partial charge on any atom is -0.444 e. The monoisotopic (exact) mass is 365 g/mol. The van der Waals surface area contributed by atoms with Gasteiger partial charge >= 0.3 is 6.09 Å². The summed E-state index contributed by atoms with van der Waals surface area (Å²) >= 11 is 0. The Bertz CT molecular complexity index is 889. The fourth-order valence-corrected chi connectivity index (χ4v) is 5.38. The molecule has 5 heteroatoms. The van der Waals surface area contributed by atoms with Gasteiger partial charge in [-0.25, -0.2) is 9.78 Å². The van der Waals surface area contributed by atoms with Crippen molar-refractivity contribution >= 4 is 6.09 Å². The van der Waals surface area contributed by atoms with Crippen LogP contribution in [0.4, 0.5) is 4.79 Å². The number of nitrogens with zero attached hydrogens (tertiary/aromatic N) is 3. The maximum Gasteiger partial charge on any atom is 0.410 e. The highest BCUT2D eigenvalue weighted by molar-refractivity contribution is 5.70. The Morgan fingerprint density at radius 3 is 2.81 bits per heavy atom. The molecule has 1 amide bonds. The van der Waals surface area contributed by atoms with E-state index in [1.165, 1.54) is 36.1 Å². The summed E-state index contributed by atoms with van der Waals surface area (Å²) in [6.45, 7) is 7.44. The van der Waals surface area contributed by atoms with Gasteiger partial charge in [-0.15, -0.1) is 0 Å². The fourth-order valence-electron chi connectivity index (χ4n) is 5.38. The second kappa shape index (κ2) is 5.60. The number of amides is 1. The number of ether oxygens (including phenoxy) is 1. The van der Waals surface area contributed by atoms with E-state index >= 15 is 0 Å². The predicted octanol–water partition coefficient (Wildman–Crippen LogP) is 4.49. The van der Waals surface area contributed by atoms with E-state index in [0.29, 0.717) is 12.0 Å². The number of rotatable bonds is 1. The summed E-state index contributed by atoms with van der Waals surface area (Å²) in [7, 11) is 0. The number of hydrogen-bond acceptors (Lipinski definition) is 3. The van der Waals surface area contributed by atoms with E-state index in [2.05, 4.69) is 33.8 Å². The molecule has 0 radical (unpaired) electrons. The molecule has 2 aliphatic heterocycles. The number of likely N-dealkylation sites (tertiary alicyclic amines) is 1. The summed E-state index contributed by atoms with van der Waals surface area (Å²) in [5.74, 6) is 0.599. The van der Waals surface area contributed by atoms with Crippen molar-refractivity contribution < 1.29 is 9.53 Å². The van der Waals surface area contributed by atoms with Crippen LogP contribution in [0.2, 0.25) is 0 Å². The van der Waals surface area contributed by atoms with Crippen molar-refractivity contribution in [2.45, 2.75) is 51.7 Å². The first-order valence-corrected chi connectivity index (χ1v) is 9.94. The molecule has 2 aromatic rings. The molecule has 1 aliphatic carbocycles. The maximum absolute atomic E-state index is 12.3. The smallest absolute Gasteiger partial charge is 0.410 e. The average Bonchev–Trinajstić information content (AvgIpc) is 3.25. The van der Waals surface area contributed by atoms with Crippen LogP contribution >= 0.6 is 0 Å². The zero-order chi connectivity index (χ0) is 18.8. The summed E-state index contributed by atoms with van der Waals surface area (Å²) < 4.78 is 7.89. The third-order valence-corrected chi connectivity index (χ3v) is 6.41. The zero-order valence-corrected chi connectivity index (χ0v) is 16.3. The Morgan fingerprint density at radius 2 is 2.04 bits per heavy atom. The Hall–Kier alpha value is -2.30. The van der Waals surface area contributed by atoms with Crippen LogP contribution in [-0.4, -0.2) is 39.2 Å². The number of aromatic nitrogens is 2.